The zero-order valence-electron chi connectivity index (χ0n) is 10.0. The SMILES string of the molecule is CC[C@@H](C)[C@@H](Nc1ccc(C)cc1)C(=O)O. The highest BCUT2D eigenvalue weighted by molar-refractivity contribution is 5.77. The van der Waals surface area contributed by atoms with Crippen LogP contribution < -0.4 is 5.32 Å². The van der Waals surface area contributed by atoms with E-state index in [1.165, 1.54) is 5.56 Å². The van der Waals surface area contributed by atoms with Crippen molar-refractivity contribution in [2.75, 3.05) is 5.32 Å². The molecule has 0 aromatic heterocycles. The summed E-state index contributed by atoms with van der Waals surface area (Å²) in [7, 11) is 0. The number of rotatable bonds is 5. The van der Waals surface area contributed by atoms with E-state index < -0.39 is 12.0 Å². The molecule has 16 heavy (non-hydrogen) atoms. The van der Waals surface area contributed by atoms with Gasteiger partial charge in [-0.2, -0.15) is 0 Å². The van der Waals surface area contributed by atoms with Gasteiger partial charge in [-0.25, -0.2) is 4.79 Å². The molecule has 1 aromatic carbocycles. The number of hydrogen-bond acceptors (Lipinski definition) is 2. The van der Waals surface area contributed by atoms with Crippen molar-refractivity contribution in [2.24, 2.45) is 5.92 Å². The Balaban J connectivity index is 2.75. The zero-order chi connectivity index (χ0) is 12.1. The van der Waals surface area contributed by atoms with Gasteiger partial charge in [0.2, 0.25) is 0 Å². The van der Waals surface area contributed by atoms with E-state index >= 15 is 0 Å². The van der Waals surface area contributed by atoms with Crippen molar-refractivity contribution in [1.29, 1.82) is 0 Å². The zero-order valence-corrected chi connectivity index (χ0v) is 10.0. The number of carboxylic acid groups (broad SMARTS) is 1. The third kappa shape index (κ3) is 3.26. The van der Waals surface area contributed by atoms with Crippen molar-refractivity contribution >= 4 is 11.7 Å². The molecule has 0 aliphatic heterocycles. The van der Waals surface area contributed by atoms with Crippen LogP contribution in [-0.2, 0) is 4.79 Å². The first-order valence-electron chi connectivity index (χ1n) is 5.60. The minimum Gasteiger partial charge on any atom is -0.480 e. The van der Waals surface area contributed by atoms with Crippen LogP contribution in [0.1, 0.15) is 25.8 Å². The molecule has 2 N–H and O–H groups in total. The van der Waals surface area contributed by atoms with Gasteiger partial charge in [0.25, 0.3) is 0 Å². The highest BCUT2D eigenvalue weighted by Gasteiger charge is 2.22. The number of carbonyl (C=O) groups is 1. The maximum atomic E-state index is 11.1. The Bertz CT molecular complexity index is 345. The van der Waals surface area contributed by atoms with Crippen LogP contribution in [0.5, 0.6) is 0 Å². The van der Waals surface area contributed by atoms with Gasteiger partial charge in [0.15, 0.2) is 0 Å². The minimum atomic E-state index is -0.796. The second-order valence-electron chi connectivity index (χ2n) is 4.21. The topological polar surface area (TPSA) is 49.3 Å². The fourth-order valence-electron chi connectivity index (χ4n) is 1.51. The van der Waals surface area contributed by atoms with Crippen LogP contribution in [0.4, 0.5) is 5.69 Å². The lowest BCUT2D eigenvalue weighted by Crippen LogP contribution is -2.35. The number of hydrogen-bond donors (Lipinski definition) is 2. The average Bonchev–Trinajstić information content (AvgIpc) is 2.27. The van der Waals surface area contributed by atoms with Gasteiger partial charge in [-0.3, -0.25) is 0 Å². The average molecular weight is 221 g/mol. The van der Waals surface area contributed by atoms with Gasteiger partial charge >= 0.3 is 5.97 Å². The Kier molecular flexibility index (Phi) is 4.35. The summed E-state index contributed by atoms with van der Waals surface area (Å²) in [6, 6.07) is 7.24. The van der Waals surface area contributed by atoms with E-state index in [4.69, 9.17) is 5.11 Å². The standard InChI is InChI=1S/C13H19NO2/c1-4-10(3)12(13(15)16)14-11-7-5-9(2)6-8-11/h5-8,10,12,14H,4H2,1-3H3,(H,15,16)/t10-,12-/m1/s1. The van der Waals surface area contributed by atoms with E-state index in [1.807, 2.05) is 45.0 Å². The first-order valence-corrected chi connectivity index (χ1v) is 5.60. The first-order chi connectivity index (χ1) is 7.54. The smallest absolute Gasteiger partial charge is 0.326 e. The van der Waals surface area contributed by atoms with Gasteiger partial charge in [-0.05, 0) is 25.0 Å². The van der Waals surface area contributed by atoms with Gasteiger partial charge in [0.1, 0.15) is 6.04 Å². The monoisotopic (exact) mass is 221 g/mol. The van der Waals surface area contributed by atoms with Gasteiger partial charge < -0.3 is 10.4 Å². The number of nitrogens with one attached hydrogen (secondary N) is 1. The van der Waals surface area contributed by atoms with Crippen LogP contribution in [0, 0.1) is 12.8 Å². The Morgan fingerprint density at radius 2 is 1.94 bits per heavy atom. The normalized spacial score (nSPS) is 14.2. The second kappa shape index (κ2) is 5.54. The van der Waals surface area contributed by atoms with Crippen molar-refractivity contribution in [3.05, 3.63) is 29.8 Å². The van der Waals surface area contributed by atoms with Crippen LogP contribution in [0.3, 0.4) is 0 Å². The Morgan fingerprint density at radius 3 is 2.38 bits per heavy atom. The van der Waals surface area contributed by atoms with Crippen molar-refractivity contribution in [1.82, 2.24) is 0 Å². The summed E-state index contributed by atoms with van der Waals surface area (Å²) in [5.74, 6) is -0.686. The molecule has 0 bridgehead atoms. The molecule has 0 amide bonds. The quantitative estimate of drug-likeness (QED) is 0.803. The maximum Gasteiger partial charge on any atom is 0.326 e. The lowest BCUT2D eigenvalue weighted by molar-refractivity contribution is -0.139. The van der Waals surface area contributed by atoms with Crippen LogP contribution in [0.15, 0.2) is 24.3 Å². The number of benzene rings is 1. The first kappa shape index (κ1) is 12.6. The van der Waals surface area contributed by atoms with Crippen LogP contribution in [0.2, 0.25) is 0 Å². The maximum absolute atomic E-state index is 11.1. The molecule has 0 radical (unpaired) electrons. The Morgan fingerprint density at radius 1 is 1.38 bits per heavy atom. The van der Waals surface area contributed by atoms with Crippen LogP contribution in [0.25, 0.3) is 0 Å². The van der Waals surface area contributed by atoms with Crippen LogP contribution >= 0.6 is 0 Å². The largest absolute Gasteiger partial charge is 0.480 e. The molecule has 2 atom stereocenters. The van der Waals surface area contributed by atoms with E-state index in [1.54, 1.807) is 0 Å². The molecule has 0 aliphatic rings. The molecule has 3 heteroatoms. The predicted octanol–water partition coefficient (Wildman–Crippen LogP) is 2.91. The molecule has 0 saturated heterocycles. The molecule has 0 unspecified atom stereocenters. The van der Waals surface area contributed by atoms with Gasteiger partial charge in [-0.1, -0.05) is 38.0 Å². The molecule has 1 rings (SSSR count). The van der Waals surface area contributed by atoms with Crippen molar-refractivity contribution < 1.29 is 9.90 Å². The van der Waals surface area contributed by atoms with Gasteiger partial charge in [-0.15, -0.1) is 0 Å². The molecule has 0 spiro atoms. The Labute approximate surface area is 96.5 Å². The summed E-state index contributed by atoms with van der Waals surface area (Å²) in [4.78, 5) is 11.1. The molecule has 1 aromatic rings. The third-order valence-electron chi connectivity index (χ3n) is 2.85. The molecule has 0 aliphatic carbocycles. The van der Waals surface area contributed by atoms with Gasteiger partial charge in [0, 0.05) is 5.69 Å². The molecular formula is C13H19NO2. The van der Waals surface area contributed by atoms with E-state index in [0.717, 1.165) is 12.1 Å². The Hall–Kier alpha value is -1.51. The van der Waals surface area contributed by atoms with Crippen molar-refractivity contribution in [3.8, 4) is 0 Å². The molecule has 0 heterocycles. The van der Waals surface area contributed by atoms with E-state index in [2.05, 4.69) is 5.32 Å². The molecule has 88 valence electrons. The molecule has 0 fully saturated rings. The summed E-state index contributed by atoms with van der Waals surface area (Å²) in [6.07, 6.45) is 0.843. The molecule has 3 nitrogen and oxygen atoms in total. The summed E-state index contributed by atoms with van der Waals surface area (Å²) in [5, 5.41) is 12.2. The number of carboxylic acids is 1. The fraction of sp³-hybridized carbons (Fsp3) is 0.462. The molecule has 0 saturated carbocycles. The lowest BCUT2D eigenvalue weighted by Gasteiger charge is -2.21. The molecular weight excluding hydrogens is 202 g/mol. The van der Waals surface area contributed by atoms with E-state index in [-0.39, 0.29) is 5.92 Å². The summed E-state index contributed by atoms with van der Waals surface area (Å²) < 4.78 is 0. The number of aliphatic carboxylic acids is 1. The third-order valence-corrected chi connectivity index (χ3v) is 2.85. The van der Waals surface area contributed by atoms with Crippen LogP contribution in [-0.4, -0.2) is 17.1 Å². The highest BCUT2D eigenvalue weighted by atomic mass is 16.4. The summed E-state index contributed by atoms with van der Waals surface area (Å²) in [5.41, 5.74) is 2.03. The van der Waals surface area contributed by atoms with E-state index in [0.29, 0.717) is 0 Å². The highest BCUT2D eigenvalue weighted by Crippen LogP contribution is 2.16. The summed E-state index contributed by atoms with van der Waals surface area (Å²) in [6.45, 7) is 5.95. The van der Waals surface area contributed by atoms with Crippen molar-refractivity contribution in [3.63, 3.8) is 0 Å². The number of anilines is 1. The fourth-order valence-corrected chi connectivity index (χ4v) is 1.51. The summed E-state index contributed by atoms with van der Waals surface area (Å²) >= 11 is 0. The predicted molar refractivity (Wildman–Crippen MR) is 65.7 cm³/mol. The number of aryl methyl sites for hydroxylation is 1. The van der Waals surface area contributed by atoms with E-state index in [9.17, 15) is 4.79 Å². The minimum absolute atomic E-state index is 0.110. The van der Waals surface area contributed by atoms with Crippen molar-refractivity contribution in [2.45, 2.75) is 33.2 Å². The van der Waals surface area contributed by atoms with Gasteiger partial charge in [0.05, 0.1) is 0 Å². The second-order valence-corrected chi connectivity index (χ2v) is 4.21. The lowest BCUT2D eigenvalue weighted by atomic mass is 9.99.